The van der Waals surface area contributed by atoms with Crippen LogP contribution < -0.4 is 5.32 Å². The maximum atomic E-state index is 11.2. The van der Waals surface area contributed by atoms with Gasteiger partial charge in [-0.1, -0.05) is 0 Å². The van der Waals surface area contributed by atoms with Gasteiger partial charge in [0.1, 0.15) is 12.6 Å². The predicted octanol–water partition coefficient (Wildman–Crippen LogP) is -1.21. The molecule has 1 heterocycles. The molecular weight excluding hydrogens is 192 g/mol. The Bertz CT molecular complexity index is 266. The van der Waals surface area contributed by atoms with Crippen LogP contribution in [0.4, 0.5) is 0 Å². The van der Waals surface area contributed by atoms with Gasteiger partial charge in [0.15, 0.2) is 0 Å². The molecule has 6 heteroatoms. The number of thiol groups is 1. The van der Waals surface area contributed by atoms with Gasteiger partial charge in [-0.2, -0.15) is 12.6 Å². The molecule has 0 aromatic rings. The summed E-state index contributed by atoms with van der Waals surface area (Å²) < 4.78 is 0. The maximum Gasteiger partial charge on any atom is 0.249 e. The Morgan fingerprint density at radius 3 is 2.85 bits per heavy atom. The second-order valence-electron chi connectivity index (χ2n) is 2.77. The van der Waals surface area contributed by atoms with Crippen molar-refractivity contribution in [2.24, 2.45) is 0 Å². The van der Waals surface area contributed by atoms with Gasteiger partial charge in [0.25, 0.3) is 0 Å². The Balaban J connectivity index is 2.77. The number of nitrogens with one attached hydrogen (secondary N) is 1. The molecule has 1 fully saturated rings. The molecule has 1 atom stereocenters. The first kappa shape index (κ1) is 10.0. The van der Waals surface area contributed by atoms with Gasteiger partial charge in [-0.3, -0.25) is 19.7 Å². The molecule has 0 aromatic heterocycles. The van der Waals surface area contributed by atoms with E-state index < -0.39 is 17.9 Å². The number of rotatable bonds is 1. The molecule has 1 saturated heterocycles. The number of amides is 3. The van der Waals surface area contributed by atoms with Crippen molar-refractivity contribution in [1.82, 2.24) is 10.2 Å². The number of carbonyl (C=O) groups is 3. The van der Waals surface area contributed by atoms with Crippen LogP contribution in [-0.2, 0) is 14.4 Å². The summed E-state index contributed by atoms with van der Waals surface area (Å²) in [6.07, 6.45) is 0. The van der Waals surface area contributed by atoms with Crippen LogP contribution in [0.3, 0.4) is 0 Å². The van der Waals surface area contributed by atoms with E-state index in [2.05, 4.69) is 17.9 Å². The van der Waals surface area contributed by atoms with E-state index in [9.17, 15) is 14.4 Å². The lowest BCUT2D eigenvalue weighted by molar-refractivity contribution is -0.148. The molecule has 0 aromatic carbocycles. The van der Waals surface area contributed by atoms with Gasteiger partial charge in [0.05, 0.1) is 5.75 Å². The highest BCUT2D eigenvalue weighted by atomic mass is 32.1. The van der Waals surface area contributed by atoms with Gasteiger partial charge >= 0.3 is 0 Å². The molecule has 1 unspecified atom stereocenters. The van der Waals surface area contributed by atoms with E-state index in [-0.39, 0.29) is 18.2 Å². The zero-order chi connectivity index (χ0) is 10.0. The Hall–Kier alpha value is -1.04. The third kappa shape index (κ3) is 2.00. The molecule has 1 rings (SSSR count). The van der Waals surface area contributed by atoms with E-state index in [1.165, 1.54) is 4.90 Å². The highest BCUT2D eigenvalue weighted by Crippen LogP contribution is 2.05. The van der Waals surface area contributed by atoms with Crippen LogP contribution in [0.1, 0.15) is 6.92 Å². The van der Waals surface area contributed by atoms with Gasteiger partial charge in [-0.15, -0.1) is 0 Å². The fraction of sp³-hybridized carbons (Fsp3) is 0.571. The summed E-state index contributed by atoms with van der Waals surface area (Å²) in [7, 11) is 0. The van der Waals surface area contributed by atoms with Crippen molar-refractivity contribution in [3.63, 3.8) is 0 Å². The van der Waals surface area contributed by atoms with E-state index in [0.29, 0.717) is 0 Å². The fourth-order valence-electron chi connectivity index (χ4n) is 1.11. The first-order valence-electron chi connectivity index (χ1n) is 3.80. The van der Waals surface area contributed by atoms with E-state index >= 15 is 0 Å². The Morgan fingerprint density at radius 1 is 1.69 bits per heavy atom. The van der Waals surface area contributed by atoms with Crippen LogP contribution in [-0.4, -0.2) is 41.0 Å². The van der Waals surface area contributed by atoms with Crippen molar-refractivity contribution in [2.45, 2.75) is 13.0 Å². The van der Waals surface area contributed by atoms with Crippen LogP contribution in [0.25, 0.3) is 0 Å². The monoisotopic (exact) mass is 202 g/mol. The zero-order valence-electron chi connectivity index (χ0n) is 7.11. The van der Waals surface area contributed by atoms with Crippen molar-refractivity contribution in [3.05, 3.63) is 0 Å². The van der Waals surface area contributed by atoms with E-state index in [4.69, 9.17) is 0 Å². The van der Waals surface area contributed by atoms with Crippen molar-refractivity contribution in [2.75, 3.05) is 12.3 Å². The van der Waals surface area contributed by atoms with Crippen LogP contribution in [0.5, 0.6) is 0 Å². The van der Waals surface area contributed by atoms with Gasteiger partial charge in [0, 0.05) is 0 Å². The summed E-state index contributed by atoms with van der Waals surface area (Å²) in [5.41, 5.74) is 0. The highest BCUT2D eigenvalue weighted by Gasteiger charge is 2.32. The molecule has 0 radical (unpaired) electrons. The summed E-state index contributed by atoms with van der Waals surface area (Å²) in [4.78, 5) is 34.4. The predicted molar refractivity (Wildman–Crippen MR) is 48.2 cm³/mol. The van der Waals surface area contributed by atoms with E-state index in [0.717, 1.165) is 0 Å². The molecular formula is C7H10N2O3S. The first-order chi connectivity index (χ1) is 6.06. The molecule has 72 valence electrons. The minimum atomic E-state index is -0.586. The minimum Gasteiger partial charge on any atom is -0.321 e. The number of hydrogen-bond acceptors (Lipinski definition) is 4. The van der Waals surface area contributed by atoms with Crippen LogP contribution >= 0.6 is 12.6 Å². The molecule has 3 amide bonds. The number of imide groups is 1. The molecule has 5 nitrogen and oxygen atoms in total. The lowest BCUT2D eigenvalue weighted by Crippen LogP contribution is -2.58. The minimum absolute atomic E-state index is 0.00486. The standard InChI is InChI=1S/C7H10N2O3S/c1-4-7(12)8-5(10)2-9(4)6(11)3-13/h4,13H,2-3H2,1H3,(H,8,10,12). The average molecular weight is 202 g/mol. The van der Waals surface area contributed by atoms with Crippen molar-refractivity contribution in [3.8, 4) is 0 Å². The van der Waals surface area contributed by atoms with Gasteiger partial charge in [-0.25, -0.2) is 0 Å². The third-order valence-corrected chi connectivity index (χ3v) is 2.15. The molecule has 1 aliphatic rings. The average Bonchev–Trinajstić information content (AvgIpc) is 2.10. The number of carbonyl (C=O) groups excluding carboxylic acids is 3. The Kier molecular flexibility index (Phi) is 2.92. The van der Waals surface area contributed by atoms with E-state index in [1.807, 2.05) is 0 Å². The topological polar surface area (TPSA) is 66.5 Å². The molecule has 0 saturated carbocycles. The van der Waals surface area contributed by atoms with Crippen molar-refractivity contribution in [1.29, 1.82) is 0 Å². The first-order valence-corrected chi connectivity index (χ1v) is 4.43. The zero-order valence-corrected chi connectivity index (χ0v) is 8.01. The van der Waals surface area contributed by atoms with Gasteiger partial charge in [0.2, 0.25) is 17.7 Å². The number of piperazine rings is 1. The molecule has 0 bridgehead atoms. The molecule has 13 heavy (non-hydrogen) atoms. The fourth-order valence-corrected chi connectivity index (χ4v) is 1.29. The maximum absolute atomic E-state index is 11.2. The quantitative estimate of drug-likeness (QED) is 0.414. The molecule has 1 aliphatic heterocycles. The summed E-state index contributed by atoms with van der Waals surface area (Å²) in [6.45, 7) is 1.51. The smallest absolute Gasteiger partial charge is 0.249 e. The summed E-state index contributed by atoms with van der Waals surface area (Å²) in [5, 5.41) is 2.14. The van der Waals surface area contributed by atoms with Gasteiger partial charge < -0.3 is 4.90 Å². The molecule has 0 spiro atoms. The SMILES string of the molecule is CC1C(=O)NC(=O)CN1C(=O)CS. The van der Waals surface area contributed by atoms with Crippen LogP contribution in [0.2, 0.25) is 0 Å². The molecule has 0 aliphatic carbocycles. The number of hydrogen-bond donors (Lipinski definition) is 2. The lowest BCUT2D eigenvalue weighted by Gasteiger charge is -2.31. The Morgan fingerprint density at radius 2 is 2.31 bits per heavy atom. The molecule has 1 N–H and O–H groups in total. The lowest BCUT2D eigenvalue weighted by atomic mass is 10.2. The number of nitrogens with zero attached hydrogens (tertiary/aromatic N) is 1. The second-order valence-corrected chi connectivity index (χ2v) is 3.08. The van der Waals surface area contributed by atoms with Gasteiger partial charge in [-0.05, 0) is 6.92 Å². The summed E-state index contributed by atoms with van der Waals surface area (Å²) >= 11 is 3.79. The highest BCUT2D eigenvalue weighted by molar-refractivity contribution is 7.81. The van der Waals surface area contributed by atoms with Crippen molar-refractivity contribution >= 4 is 30.4 Å². The van der Waals surface area contributed by atoms with Crippen molar-refractivity contribution < 1.29 is 14.4 Å². The van der Waals surface area contributed by atoms with Crippen LogP contribution in [0.15, 0.2) is 0 Å². The Labute approximate surface area is 80.9 Å². The largest absolute Gasteiger partial charge is 0.321 e. The normalized spacial score (nSPS) is 22.9. The summed E-state index contributed by atoms with van der Waals surface area (Å²) in [6, 6.07) is -0.586. The third-order valence-electron chi connectivity index (χ3n) is 1.88. The summed E-state index contributed by atoms with van der Waals surface area (Å²) in [5.74, 6) is -1.19. The second kappa shape index (κ2) is 3.78. The van der Waals surface area contributed by atoms with E-state index in [1.54, 1.807) is 6.92 Å². The van der Waals surface area contributed by atoms with Crippen LogP contribution in [0, 0.1) is 0 Å².